The second-order valence-corrected chi connectivity index (χ2v) is 3.28. The van der Waals surface area contributed by atoms with Gasteiger partial charge in [0.05, 0.1) is 11.4 Å². The Hall–Kier alpha value is -1.84. The third-order valence-electron chi connectivity index (χ3n) is 2.12. The summed E-state index contributed by atoms with van der Waals surface area (Å²) in [6.45, 7) is 0. The van der Waals surface area contributed by atoms with Crippen LogP contribution in [0.1, 0.15) is 17.8 Å². The molecule has 76 valence electrons. The van der Waals surface area contributed by atoms with Gasteiger partial charge in [0.15, 0.2) is 0 Å². The van der Waals surface area contributed by atoms with Crippen LogP contribution in [-0.4, -0.2) is 20.4 Å². The molecule has 4 heteroatoms. The molecule has 0 saturated carbocycles. The summed E-state index contributed by atoms with van der Waals surface area (Å²) in [5.74, 6) is 0. The van der Waals surface area contributed by atoms with E-state index in [1.54, 1.807) is 12.4 Å². The molecule has 0 N–H and O–H groups in total. The zero-order valence-electron chi connectivity index (χ0n) is 8.37. The average molecular weight is 200 g/mol. The van der Waals surface area contributed by atoms with E-state index in [0.717, 1.165) is 30.7 Å². The average Bonchev–Trinajstić information content (AvgIpc) is 2.32. The molecule has 0 aromatic carbocycles. The number of aryl methyl sites for hydroxylation is 2. The summed E-state index contributed by atoms with van der Waals surface area (Å²) in [5.41, 5.74) is 2.06. The monoisotopic (exact) mass is 200 g/mol. The topological polar surface area (TPSA) is 51.6 Å². The lowest BCUT2D eigenvalue weighted by Crippen LogP contribution is -1.96. The fourth-order valence-electron chi connectivity index (χ4n) is 1.38. The number of aromatic nitrogens is 4. The normalized spacial score (nSPS) is 10.1. The maximum Gasteiger partial charge on any atom is 0.0631 e. The molecule has 0 radical (unpaired) electrons. The van der Waals surface area contributed by atoms with Crippen molar-refractivity contribution < 1.29 is 0 Å². The zero-order chi connectivity index (χ0) is 10.3. The van der Waals surface area contributed by atoms with Crippen LogP contribution in [0.4, 0.5) is 0 Å². The standard InChI is InChI=1S/C11H12N4/c1(4-10-6-2-8-12-14-10)5-11-7-3-9-13-15-11/h2-3,6-9H,1,4-5H2. The van der Waals surface area contributed by atoms with E-state index in [9.17, 15) is 0 Å². The van der Waals surface area contributed by atoms with Gasteiger partial charge in [0.1, 0.15) is 0 Å². The second-order valence-electron chi connectivity index (χ2n) is 3.28. The van der Waals surface area contributed by atoms with Gasteiger partial charge in [-0.15, -0.1) is 0 Å². The minimum absolute atomic E-state index is 0.935. The van der Waals surface area contributed by atoms with Crippen molar-refractivity contribution in [2.24, 2.45) is 0 Å². The van der Waals surface area contributed by atoms with Crippen molar-refractivity contribution in [2.75, 3.05) is 0 Å². The van der Waals surface area contributed by atoms with Gasteiger partial charge in [-0.3, -0.25) is 0 Å². The SMILES string of the molecule is c1cnnc(CCCc2cccnn2)c1. The summed E-state index contributed by atoms with van der Waals surface area (Å²) >= 11 is 0. The summed E-state index contributed by atoms with van der Waals surface area (Å²) in [4.78, 5) is 0. The van der Waals surface area contributed by atoms with Gasteiger partial charge in [-0.05, 0) is 43.5 Å². The Morgan fingerprint density at radius 1 is 0.800 bits per heavy atom. The number of nitrogens with zero attached hydrogens (tertiary/aromatic N) is 4. The Balaban J connectivity index is 1.81. The van der Waals surface area contributed by atoms with Gasteiger partial charge in [0, 0.05) is 12.4 Å². The minimum atomic E-state index is 0.935. The van der Waals surface area contributed by atoms with E-state index in [2.05, 4.69) is 20.4 Å². The van der Waals surface area contributed by atoms with Gasteiger partial charge in [-0.2, -0.15) is 20.4 Å². The van der Waals surface area contributed by atoms with Gasteiger partial charge in [0.25, 0.3) is 0 Å². The van der Waals surface area contributed by atoms with Gasteiger partial charge >= 0.3 is 0 Å². The molecule has 0 aliphatic rings. The highest BCUT2D eigenvalue weighted by Crippen LogP contribution is 2.02. The molecule has 4 nitrogen and oxygen atoms in total. The van der Waals surface area contributed by atoms with Crippen LogP contribution in [0.3, 0.4) is 0 Å². The first kappa shape index (κ1) is 9.71. The molecule has 0 atom stereocenters. The maximum absolute atomic E-state index is 4.02. The molecule has 15 heavy (non-hydrogen) atoms. The highest BCUT2D eigenvalue weighted by molar-refractivity contribution is 5.02. The lowest BCUT2D eigenvalue weighted by Gasteiger charge is -1.98. The number of rotatable bonds is 4. The molecule has 0 saturated heterocycles. The van der Waals surface area contributed by atoms with E-state index in [0.29, 0.717) is 0 Å². The quantitative estimate of drug-likeness (QED) is 0.749. The maximum atomic E-state index is 4.02. The number of hydrogen-bond donors (Lipinski definition) is 0. The fraction of sp³-hybridized carbons (Fsp3) is 0.273. The van der Waals surface area contributed by atoms with Crippen molar-refractivity contribution in [2.45, 2.75) is 19.3 Å². The summed E-state index contributed by atoms with van der Waals surface area (Å²) in [7, 11) is 0. The van der Waals surface area contributed by atoms with Crippen molar-refractivity contribution in [3.05, 3.63) is 48.0 Å². The van der Waals surface area contributed by atoms with Crippen LogP contribution in [0.2, 0.25) is 0 Å². The summed E-state index contributed by atoms with van der Waals surface area (Å²) in [6.07, 6.45) is 6.27. The molecule has 2 heterocycles. The largest absolute Gasteiger partial charge is 0.159 e. The lowest BCUT2D eigenvalue weighted by molar-refractivity contribution is 0.750. The van der Waals surface area contributed by atoms with Crippen molar-refractivity contribution in [1.29, 1.82) is 0 Å². The van der Waals surface area contributed by atoms with Crippen LogP contribution < -0.4 is 0 Å². The molecule has 0 fully saturated rings. The molecule has 0 spiro atoms. The minimum Gasteiger partial charge on any atom is -0.159 e. The second kappa shape index (κ2) is 5.14. The molecule has 2 rings (SSSR count). The van der Waals surface area contributed by atoms with E-state index < -0.39 is 0 Å². The Bertz CT molecular complexity index is 348. The molecule has 0 aliphatic carbocycles. The third kappa shape index (κ3) is 3.09. The van der Waals surface area contributed by atoms with Gasteiger partial charge in [0.2, 0.25) is 0 Å². The highest BCUT2D eigenvalue weighted by atomic mass is 15.1. The van der Waals surface area contributed by atoms with E-state index >= 15 is 0 Å². The molecule has 2 aromatic rings. The van der Waals surface area contributed by atoms with E-state index in [1.165, 1.54) is 0 Å². The third-order valence-corrected chi connectivity index (χ3v) is 2.12. The molecule has 2 aromatic heterocycles. The first-order valence-corrected chi connectivity index (χ1v) is 4.98. The Kier molecular flexibility index (Phi) is 3.33. The molecule has 0 unspecified atom stereocenters. The summed E-state index contributed by atoms with van der Waals surface area (Å²) < 4.78 is 0. The van der Waals surface area contributed by atoms with Crippen LogP contribution in [0.25, 0.3) is 0 Å². The fourth-order valence-corrected chi connectivity index (χ4v) is 1.38. The van der Waals surface area contributed by atoms with Crippen LogP contribution in [0, 0.1) is 0 Å². The Morgan fingerprint density at radius 3 is 1.73 bits per heavy atom. The lowest BCUT2D eigenvalue weighted by atomic mass is 10.1. The zero-order valence-corrected chi connectivity index (χ0v) is 8.37. The van der Waals surface area contributed by atoms with Gasteiger partial charge in [-0.1, -0.05) is 0 Å². The Morgan fingerprint density at radius 2 is 1.33 bits per heavy atom. The first-order valence-electron chi connectivity index (χ1n) is 4.98. The van der Waals surface area contributed by atoms with E-state index in [-0.39, 0.29) is 0 Å². The summed E-state index contributed by atoms with van der Waals surface area (Å²) in [5, 5.41) is 15.7. The van der Waals surface area contributed by atoms with Gasteiger partial charge < -0.3 is 0 Å². The smallest absolute Gasteiger partial charge is 0.0631 e. The molecule has 0 amide bonds. The van der Waals surface area contributed by atoms with E-state index in [1.807, 2.05) is 24.3 Å². The van der Waals surface area contributed by atoms with Crippen LogP contribution in [-0.2, 0) is 12.8 Å². The van der Waals surface area contributed by atoms with E-state index in [4.69, 9.17) is 0 Å². The predicted octanol–water partition coefficient (Wildman–Crippen LogP) is 1.44. The molecular formula is C11H12N4. The summed E-state index contributed by atoms with van der Waals surface area (Å²) in [6, 6.07) is 7.79. The van der Waals surface area contributed by atoms with Gasteiger partial charge in [-0.25, -0.2) is 0 Å². The van der Waals surface area contributed by atoms with Crippen LogP contribution >= 0.6 is 0 Å². The predicted molar refractivity (Wildman–Crippen MR) is 56.1 cm³/mol. The molecular weight excluding hydrogens is 188 g/mol. The molecule has 0 aliphatic heterocycles. The van der Waals surface area contributed by atoms with Crippen LogP contribution in [0.15, 0.2) is 36.7 Å². The van der Waals surface area contributed by atoms with Crippen LogP contribution in [0.5, 0.6) is 0 Å². The van der Waals surface area contributed by atoms with Crippen molar-refractivity contribution in [3.8, 4) is 0 Å². The van der Waals surface area contributed by atoms with Crippen molar-refractivity contribution in [3.63, 3.8) is 0 Å². The van der Waals surface area contributed by atoms with Crippen molar-refractivity contribution in [1.82, 2.24) is 20.4 Å². The Labute approximate surface area is 88.4 Å². The molecule has 0 bridgehead atoms. The van der Waals surface area contributed by atoms with Crippen molar-refractivity contribution >= 4 is 0 Å². The number of hydrogen-bond acceptors (Lipinski definition) is 4. The highest BCUT2D eigenvalue weighted by Gasteiger charge is 1.97. The first-order chi connectivity index (χ1) is 7.45.